The fourth-order valence-corrected chi connectivity index (χ4v) is 1.87. The molecule has 0 unspecified atom stereocenters. The van der Waals surface area contributed by atoms with Gasteiger partial charge in [0.2, 0.25) is 0 Å². The van der Waals surface area contributed by atoms with Gasteiger partial charge >= 0.3 is 6.18 Å². The first kappa shape index (κ1) is 13.1. The van der Waals surface area contributed by atoms with Crippen molar-refractivity contribution in [2.45, 2.75) is 18.0 Å². The third kappa shape index (κ3) is 4.28. The first-order chi connectivity index (χ1) is 7.42. The lowest BCUT2D eigenvalue weighted by Gasteiger charge is -2.10. The van der Waals surface area contributed by atoms with Gasteiger partial charge in [0.05, 0.1) is 11.4 Å². The summed E-state index contributed by atoms with van der Waals surface area (Å²) in [5.74, 6) is -0.958. The highest BCUT2D eigenvalue weighted by Crippen LogP contribution is 2.30. The number of hydrogen-bond donors (Lipinski definition) is 2. The lowest BCUT2D eigenvalue weighted by molar-refractivity contribution is -0.105. The van der Waals surface area contributed by atoms with Gasteiger partial charge in [-0.05, 0) is 24.6 Å². The van der Waals surface area contributed by atoms with Crippen LogP contribution in [0.25, 0.3) is 0 Å². The van der Waals surface area contributed by atoms with Crippen LogP contribution in [0.2, 0.25) is 0 Å². The Balaban J connectivity index is 2.74. The molecule has 0 aliphatic carbocycles. The molecule has 2 N–H and O–H groups in total. The fraction of sp³-hybridized carbons (Fsp3) is 0.333. The molecule has 0 bridgehead atoms. The van der Waals surface area contributed by atoms with Gasteiger partial charge in [-0.25, -0.2) is 0 Å². The van der Waals surface area contributed by atoms with Gasteiger partial charge < -0.3 is 0 Å². The van der Waals surface area contributed by atoms with E-state index < -0.39 is 11.9 Å². The topological polar surface area (TPSA) is 24.1 Å². The van der Waals surface area contributed by atoms with Gasteiger partial charge in [-0.1, -0.05) is 11.7 Å². The second-order valence-corrected chi connectivity index (χ2v) is 4.12. The maximum absolute atomic E-state index is 12.0. The van der Waals surface area contributed by atoms with Crippen molar-refractivity contribution >= 4 is 17.4 Å². The highest BCUT2D eigenvalue weighted by Gasteiger charge is 2.27. The average Bonchev–Trinajstić information content (AvgIpc) is 2.18. The zero-order chi connectivity index (χ0) is 12.2. The number of thioether (sulfide) groups is 1. The Bertz CT molecular complexity index is 354. The van der Waals surface area contributed by atoms with Crippen molar-refractivity contribution in [3.8, 4) is 0 Å². The van der Waals surface area contributed by atoms with Crippen molar-refractivity contribution in [3.05, 3.63) is 23.8 Å². The largest absolute Gasteiger partial charge is 0.398 e. The van der Waals surface area contributed by atoms with Gasteiger partial charge in [0.15, 0.2) is 0 Å². The predicted molar refractivity (Wildman–Crippen MR) is 55.8 cm³/mol. The highest BCUT2D eigenvalue weighted by molar-refractivity contribution is 7.99. The predicted octanol–water partition coefficient (Wildman–Crippen LogP) is 3.45. The third-order valence-electron chi connectivity index (χ3n) is 1.77. The maximum Gasteiger partial charge on any atom is 0.398 e. The van der Waals surface area contributed by atoms with Crippen molar-refractivity contribution in [1.29, 1.82) is 0 Å². The molecule has 2 nitrogen and oxygen atoms in total. The minimum Gasteiger partial charge on any atom is -0.295 e. The van der Waals surface area contributed by atoms with E-state index in [9.17, 15) is 17.7 Å². The molecule has 0 amide bonds. The molecule has 0 heterocycles. The Hall–Kier alpha value is -0.950. The van der Waals surface area contributed by atoms with Crippen LogP contribution in [0, 0.1) is 6.92 Å². The van der Waals surface area contributed by atoms with Gasteiger partial charge in [-0.3, -0.25) is 5.43 Å². The van der Waals surface area contributed by atoms with E-state index in [0.29, 0.717) is 22.3 Å². The molecule has 0 saturated carbocycles. The molecular formula is C9H10F4N2S. The first-order valence-electron chi connectivity index (χ1n) is 4.34. The maximum atomic E-state index is 12.0. The Morgan fingerprint density at radius 2 is 2.00 bits per heavy atom. The molecule has 1 aromatic rings. The summed E-state index contributed by atoms with van der Waals surface area (Å²) in [5, 5.41) is 0. The number of anilines is 1. The number of nitrogens with one attached hydrogen (secondary N) is 2. The fourth-order valence-electron chi connectivity index (χ4n) is 1.05. The summed E-state index contributed by atoms with van der Waals surface area (Å²) in [6.45, 7) is 1.70. The van der Waals surface area contributed by atoms with Crippen LogP contribution in [0.4, 0.5) is 23.3 Å². The molecule has 0 radical (unpaired) electrons. The molecule has 1 aromatic carbocycles. The summed E-state index contributed by atoms with van der Waals surface area (Å²) >= 11 is 0.679. The van der Waals surface area contributed by atoms with Crippen LogP contribution in [0.5, 0.6) is 0 Å². The Morgan fingerprint density at radius 3 is 2.56 bits per heavy atom. The molecular weight excluding hydrogens is 244 g/mol. The minimum atomic E-state index is -4.21. The molecule has 0 atom stereocenters. The highest BCUT2D eigenvalue weighted by atomic mass is 32.2. The average molecular weight is 254 g/mol. The molecule has 0 saturated heterocycles. The number of hydrazine groups is 1. The summed E-state index contributed by atoms with van der Waals surface area (Å²) in [7, 11) is 0. The van der Waals surface area contributed by atoms with Crippen LogP contribution in [0.1, 0.15) is 5.56 Å². The SMILES string of the molecule is Cc1ccc(NNF)cc1SCC(F)(F)F. The summed E-state index contributed by atoms with van der Waals surface area (Å²) in [6.07, 6.45) is -4.21. The van der Waals surface area contributed by atoms with E-state index in [1.165, 1.54) is 11.7 Å². The number of aryl methyl sites for hydroxylation is 1. The number of benzene rings is 1. The minimum absolute atomic E-state index is 0.373. The van der Waals surface area contributed by atoms with Crippen LogP contribution in [-0.4, -0.2) is 11.9 Å². The second-order valence-electron chi connectivity index (χ2n) is 3.10. The number of alkyl halides is 3. The summed E-state index contributed by atoms with van der Waals surface area (Å²) in [4.78, 5) is 0.470. The summed E-state index contributed by atoms with van der Waals surface area (Å²) in [5.41, 5.74) is 4.48. The normalized spacial score (nSPS) is 11.6. The number of halogens is 4. The van der Waals surface area contributed by atoms with E-state index in [0.717, 1.165) is 5.56 Å². The van der Waals surface area contributed by atoms with Crippen molar-refractivity contribution < 1.29 is 17.7 Å². The first-order valence-corrected chi connectivity index (χ1v) is 5.33. The van der Waals surface area contributed by atoms with E-state index >= 15 is 0 Å². The molecule has 0 spiro atoms. The zero-order valence-electron chi connectivity index (χ0n) is 8.36. The third-order valence-corrected chi connectivity index (χ3v) is 2.99. The molecule has 7 heteroatoms. The number of rotatable bonds is 4. The van der Waals surface area contributed by atoms with E-state index in [1.807, 2.05) is 0 Å². The monoisotopic (exact) mass is 254 g/mol. The van der Waals surface area contributed by atoms with E-state index in [2.05, 4.69) is 5.43 Å². The van der Waals surface area contributed by atoms with Crippen molar-refractivity contribution in [1.82, 2.24) is 5.65 Å². The molecule has 0 aliphatic rings. The number of hydrogen-bond acceptors (Lipinski definition) is 3. The van der Waals surface area contributed by atoms with Gasteiger partial charge in [0.1, 0.15) is 0 Å². The Kier molecular flexibility index (Phi) is 4.43. The van der Waals surface area contributed by atoms with Crippen molar-refractivity contribution in [2.75, 3.05) is 11.2 Å². The summed E-state index contributed by atoms with van der Waals surface area (Å²) in [6, 6.07) is 4.65. The zero-order valence-corrected chi connectivity index (χ0v) is 9.18. The van der Waals surface area contributed by atoms with Crippen LogP contribution < -0.4 is 11.1 Å². The molecule has 0 aliphatic heterocycles. The van der Waals surface area contributed by atoms with E-state index in [1.54, 1.807) is 19.1 Å². The molecule has 1 rings (SSSR count). The quantitative estimate of drug-likeness (QED) is 0.372. The smallest absolute Gasteiger partial charge is 0.295 e. The van der Waals surface area contributed by atoms with E-state index in [4.69, 9.17) is 0 Å². The van der Waals surface area contributed by atoms with Crippen LogP contribution in [0.3, 0.4) is 0 Å². The summed E-state index contributed by atoms with van der Waals surface area (Å²) < 4.78 is 47.8. The van der Waals surface area contributed by atoms with E-state index in [-0.39, 0.29) is 0 Å². The molecule has 0 aromatic heterocycles. The van der Waals surface area contributed by atoms with Crippen LogP contribution in [0.15, 0.2) is 23.1 Å². The lowest BCUT2D eigenvalue weighted by atomic mass is 10.2. The van der Waals surface area contributed by atoms with Gasteiger partial charge in [0, 0.05) is 4.90 Å². The Morgan fingerprint density at radius 1 is 1.31 bits per heavy atom. The van der Waals surface area contributed by atoms with Crippen LogP contribution >= 0.6 is 11.8 Å². The van der Waals surface area contributed by atoms with Gasteiger partial charge in [0.25, 0.3) is 0 Å². The van der Waals surface area contributed by atoms with Gasteiger partial charge in [-0.2, -0.15) is 13.2 Å². The molecule has 16 heavy (non-hydrogen) atoms. The standard InChI is InChI=1S/C9H10F4N2S/c1-6-2-3-7(14-15-13)4-8(6)16-5-9(10,11)12/h2-4,14-15H,5H2,1H3. The lowest BCUT2D eigenvalue weighted by Crippen LogP contribution is -2.11. The Labute approximate surface area is 94.3 Å². The van der Waals surface area contributed by atoms with Crippen LogP contribution in [-0.2, 0) is 0 Å². The van der Waals surface area contributed by atoms with Gasteiger partial charge in [-0.15, -0.1) is 16.2 Å². The molecule has 0 fully saturated rings. The van der Waals surface area contributed by atoms with Crippen molar-refractivity contribution in [3.63, 3.8) is 0 Å². The molecule has 90 valence electrons. The second kappa shape index (κ2) is 5.40. The van der Waals surface area contributed by atoms with Crippen molar-refractivity contribution in [2.24, 2.45) is 0 Å².